The molecule has 0 radical (unpaired) electrons. The van der Waals surface area contributed by atoms with E-state index in [-0.39, 0.29) is 0 Å². The average molecular weight is 192 g/mol. The monoisotopic (exact) mass is 192 g/mol. The first kappa shape index (κ1) is 9.65. The molecule has 2 rings (SSSR count). The summed E-state index contributed by atoms with van der Waals surface area (Å²) in [6.45, 7) is 3.37. The van der Waals surface area contributed by atoms with Crippen LogP contribution in [0.3, 0.4) is 0 Å². The van der Waals surface area contributed by atoms with E-state index in [0.29, 0.717) is 12.6 Å². The van der Waals surface area contributed by atoms with Crippen molar-refractivity contribution < 1.29 is 4.74 Å². The van der Waals surface area contributed by atoms with E-state index < -0.39 is 0 Å². The first-order valence-electron chi connectivity index (χ1n) is 4.98. The molecule has 0 bridgehead atoms. The Balaban J connectivity index is 1.81. The van der Waals surface area contributed by atoms with Gasteiger partial charge in [-0.25, -0.2) is 0 Å². The molecule has 1 aliphatic rings. The second-order valence-corrected chi connectivity index (χ2v) is 3.61. The molecular formula is C11H16N2O. The highest BCUT2D eigenvalue weighted by atomic mass is 16.6. The molecule has 1 aromatic carbocycles. The highest BCUT2D eigenvalue weighted by molar-refractivity contribution is 5.23. The summed E-state index contributed by atoms with van der Waals surface area (Å²) in [6, 6.07) is 8.35. The molecule has 1 atom stereocenters. The van der Waals surface area contributed by atoms with Crippen LogP contribution in [-0.4, -0.2) is 19.3 Å². The number of epoxide rings is 1. The van der Waals surface area contributed by atoms with Crippen molar-refractivity contribution in [2.24, 2.45) is 5.73 Å². The zero-order valence-corrected chi connectivity index (χ0v) is 8.20. The molecule has 1 aliphatic heterocycles. The van der Waals surface area contributed by atoms with Crippen molar-refractivity contribution in [3.63, 3.8) is 0 Å². The van der Waals surface area contributed by atoms with Crippen molar-refractivity contribution >= 4 is 0 Å². The average Bonchev–Trinajstić information content (AvgIpc) is 3.02. The lowest BCUT2D eigenvalue weighted by molar-refractivity contribution is 0.396. The first-order chi connectivity index (χ1) is 6.88. The lowest BCUT2D eigenvalue weighted by Crippen LogP contribution is -2.19. The minimum absolute atomic E-state index is 0.452. The molecule has 76 valence electrons. The normalized spacial score (nSPS) is 19.6. The Labute approximate surface area is 84.3 Å². The van der Waals surface area contributed by atoms with Crippen LogP contribution >= 0.6 is 0 Å². The van der Waals surface area contributed by atoms with Crippen molar-refractivity contribution in [2.75, 3.05) is 13.2 Å². The maximum atomic E-state index is 5.57. The van der Waals surface area contributed by atoms with Gasteiger partial charge in [-0.2, -0.15) is 0 Å². The summed E-state index contributed by atoms with van der Waals surface area (Å²) in [5.41, 5.74) is 8.04. The number of hydrogen-bond acceptors (Lipinski definition) is 3. The molecule has 0 saturated carbocycles. The molecule has 1 heterocycles. The third-order valence-electron chi connectivity index (χ3n) is 2.33. The maximum absolute atomic E-state index is 5.57. The molecule has 1 fully saturated rings. The van der Waals surface area contributed by atoms with Gasteiger partial charge in [-0.15, -0.1) is 0 Å². The molecule has 3 heteroatoms. The Bertz CT molecular complexity index is 297. The van der Waals surface area contributed by atoms with Crippen molar-refractivity contribution in [1.82, 2.24) is 5.32 Å². The van der Waals surface area contributed by atoms with Gasteiger partial charge in [0.1, 0.15) is 0 Å². The standard InChI is InChI=1S/C11H16N2O/c12-5-9-2-1-3-10(4-9)6-13-7-11-8-14-11/h1-4,11,13H,5-8,12H2. The van der Waals surface area contributed by atoms with Crippen LogP contribution in [0, 0.1) is 0 Å². The molecule has 14 heavy (non-hydrogen) atoms. The molecule has 3 nitrogen and oxygen atoms in total. The first-order valence-corrected chi connectivity index (χ1v) is 4.98. The lowest BCUT2D eigenvalue weighted by atomic mass is 10.1. The van der Waals surface area contributed by atoms with Gasteiger partial charge < -0.3 is 15.8 Å². The van der Waals surface area contributed by atoms with Gasteiger partial charge in [0.15, 0.2) is 0 Å². The van der Waals surface area contributed by atoms with E-state index >= 15 is 0 Å². The Morgan fingerprint density at radius 2 is 2.21 bits per heavy atom. The van der Waals surface area contributed by atoms with Crippen LogP contribution in [0.15, 0.2) is 24.3 Å². The van der Waals surface area contributed by atoms with Gasteiger partial charge in [-0.05, 0) is 11.1 Å². The number of benzene rings is 1. The van der Waals surface area contributed by atoms with E-state index in [1.54, 1.807) is 0 Å². The van der Waals surface area contributed by atoms with E-state index in [2.05, 4.69) is 17.4 Å². The Morgan fingerprint density at radius 1 is 1.43 bits per heavy atom. The SMILES string of the molecule is NCc1cccc(CNCC2CO2)c1. The maximum Gasteiger partial charge on any atom is 0.0934 e. The molecule has 3 N–H and O–H groups in total. The number of hydrogen-bond donors (Lipinski definition) is 2. The second kappa shape index (κ2) is 4.55. The van der Waals surface area contributed by atoms with Crippen molar-refractivity contribution in [2.45, 2.75) is 19.2 Å². The third kappa shape index (κ3) is 2.80. The topological polar surface area (TPSA) is 50.6 Å². The highest BCUT2D eigenvalue weighted by Gasteiger charge is 2.21. The fraction of sp³-hybridized carbons (Fsp3) is 0.455. The summed E-state index contributed by atoms with van der Waals surface area (Å²) in [4.78, 5) is 0. The summed E-state index contributed by atoms with van der Waals surface area (Å²) in [5, 5.41) is 3.35. The molecule has 1 aromatic rings. The highest BCUT2D eigenvalue weighted by Crippen LogP contribution is 2.08. The van der Waals surface area contributed by atoms with E-state index in [1.165, 1.54) is 11.1 Å². The smallest absolute Gasteiger partial charge is 0.0934 e. The summed E-state index contributed by atoms with van der Waals surface area (Å²) < 4.78 is 5.11. The predicted molar refractivity (Wildman–Crippen MR) is 55.8 cm³/mol. The van der Waals surface area contributed by atoms with E-state index in [4.69, 9.17) is 10.5 Å². The van der Waals surface area contributed by atoms with Gasteiger partial charge in [0, 0.05) is 19.6 Å². The van der Waals surface area contributed by atoms with E-state index in [1.807, 2.05) is 12.1 Å². The minimum atomic E-state index is 0.452. The summed E-state index contributed by atoms with van der Waals surface area (Å²) in [6.07, 6.45) is 0.452. The number of rotatable bonds is 5. The quantitative estimate of drug-likeness (QED) is 0.673. The molecule has 1 saturated heterocycles. The van der Waals surface area contributed by atoms with E-state index in [0.717, 1.165) is 19.7 Å². The number of nitrogens with one attached hydrogen (secondary N) is 1. The molecule has 0 aromatic heterocycles. The summed E-state index contributed by atoms with van der Waals surface area (Å²) in [5.74, 6) is 0. The van der Waals surface area contributed by atoms with Crippen LogP contribution < -0.4 is 11.1 Å². The third-order valence-corrected chi connectivity index (χ3v) is 2.33. The number of nitrogens with two attached hydrogens (primary N) is 1. The van der Waals surface area contributed by atoms with Crippen LogP contribution in [0.4, 0.5) is 0 Å². The molecule has 0 amide bonds. The van der Waals surface area contributed by atoms with Crippen LogP contribution in [0.25, 0.3) is 0 Å². The van der Waals surface area contributed by atoms with Gasteiger partial charge in [-0.3, -0.25) is 0 Å². The predicted octanol–water partition coefficient (Wildman–Crippen LogP) is 0.634. The fourth-order valence-corrected chi connectivity index (χ4v) is 1.43. The summed E-state index contributed by atoms with van der Waals surface area (Å²) >= 11 is 0. The molecule has 1 unspecified atom stereocenters. The van der Waals surface area contributed by atoms with E-state index in [9.17, 15) is 0 Å². The van der Waals surface area contributed by atoms with Gasteiger partial charge in [0.25, 0.3) is 0 Å². The number of ether oxygens (including phenoxy) is 1. The fourth-order valence-electron chi connectivity index (χ4n) is 1.43. The zero-order chi connectivity index (χ0) is 9.80. The Hall–Kier alpha value is -0.900. The van der Waals surface area contributed by atoms with Crippen LogP contribution in [0.1, 0.15) is 11.1 Å². The Morgan fingerprint density at radius 3 is 2.93 bits per heavy atom. The van der Waals surface area contributed by atoms with Crippen molar-refractivity contribution in [3.8, 4) is 0 Å². The zero-order valence-electron chi connectivity index (χ0n) is 8.20. The van der Waals surface area contributed by atoms with Crippen LogP contribution in [0.5, 0.6) is 0 Å². The lowest BCUT2D eigenvalue weighted by Gasteiger charge is -2.04. The van der Waals surface area contributed by atoms with Gasteiger partial charge in [0.2, 0.25) is 0 Å². The van der Waals surface area contributed by atoms with Crippen LogP contribution in [0.2, 0.25) is 0 Å². The van der Waals surface area contributed by atoms with Gasteiger partial charge in [-0.1, -0.05) is 24.3 Å². The van der Waals surface area contributed by atoms with Gasteiger partial charge in [0.05, 0.1) is 12.7 Å². The Kier molecular flexibility index (Phi) is 3.14. The molecule has 0 spiro atoms. The van der Waals surface area contributed by atoms with Crippen molar-refractivity contribution in [1.29, 1.82) is 0 Å². The summed E-state index contributed by atoms with van der Waals surface area (Å²) in [7, 11) is 0. The van der Waals surface area contributed by atoms with Crippen LogP contribution in [-0.2, 0) is 17.8 Å². The minimum Gasteiger partial charge on any atom is -0.372 e. The molecular weight excluding hydrogens is 176 g/mol. The van der Waals surface area contributed by atoms with Crippen molar-refractivity contribution in [3.05, 3.63) is 35.4 Å². The molecule has 0 aliphatic carbocycles. The van der Waals surface area contributed by atoms with Gasteiger partial charge >= 0.3 is 0 Å². The largest absolute Gasteiger partial charge is 0.372 e. The second-order valence-electron chi connectivity index (χ2n) is 3.61.